The lowest BCUT2D eigenvalue weighted by Crippen LogP contribution is -2.51. The number of nitrogens with zero attached hydrogens (tertiary/aromatic N) is 3. The first kappa shape index (κ1) is 27.9. The topological polar surface area (TPSA) is 102 Å². The molecular formula is C24H38N4O5S. The van der Waals surface area contributed by atoms with Gasteiger partial charge in [0.25, 0.3) is 0 Å². The molecule has 0 radical (unpaired) electrons. The Hall–Kier alpha value is -2.32. The van der Waals surface area contributed by atoms with Gasteiger partial charge < -0.3 is 20.1 Å². The van der Waals surface area contributed by atoms with Crippen molar-refractivity contribution in [3.63, 3.8) is 0 Å². The van der Waals surface area contributed by atoms with Gasteiger partial charge in [-0.1, -0.05) is 18.8 Å². The molecule has 1 aromatic carbocycles. The molecule has 0 aromatic heterocycles. The van der Waals surface area contributed by atoms with Crippen molar-refractivity contribution in [1.82, 2.24) is 19.4 Å². The Morgan fingerprint density at radius 1 is 1.29 bits per heavy atom. The number of benzene rings is 1. The minimum atomic E-state index is -3.92. The van der Waals surface area contributed by atoms with Crippen LogP contribution in [0.3, 0.4) is 0 Å². The lowest BCUT2D eigenvalue weighted by Gasteiger charge is -2.37. The van der Waals surface area contributed by atoms with Crippen molar-refractivity contribution in [1.29, 1.82) is 0 Å². The number of urea groups is 1. The number of sulfonamides is 1. The van der Waals surface area contributed by atoms with Crippen LogP contribution in [0.25, 0.3) is 0 Å². The van der Waals surface area contributed by atoms with E-state index in [1.165, 1.54) is 15.3 Å². The summed E-state index contributed by atoms with van der Waals surface area (Å²) in [5.41, 5.74) is 0.635. The van der Waals surface area contributed by atoms with Crippen LogP contribution in [0.5, 0.6) is 5.75 Å². The highest BCUT2D eigenvalue weighted by molar-refractivity contribution is 7.89. The molecule has 1 aliphatic heterocycles. The molecule has 34 heavy (non-hydrogen) atoms. The number of rotatable bonds is 6. The summed E-state index contributed by atoms with van der Waals surface area (Å²) in [7, 11) is 1.59. The zero-order valence-electron chi connectivity index (χ0n) is 21.2. The number of hydrogen-bond acceptors (Lipinski definition) is 6. The molecule has 1 aliphatic rings. The molecule has 0 saturated heterocycles. The van der Waals surface area contributed by atoms with E-state index in [1.807, 2.05) is 39.8 Å². The number of carbonyl (C=O) groups is 1. The predicted octanol–water partition coefficient (Wildman–Crippen LogP) is 1.42. The van der Waals surface area contributed by atoms with Crippen molar-refractivity contribution in [3.8, 4) is 17.6 Å². The van der Waals surface area contributed by atoms with Crippen LogP contribution in [0.15, 0.2) is 23.1 Å². The lowest BCUT2D eigenvalue weighted by molar-refractivity contribution is 0.0809. The molecule has 190 valence electrons. The smallest absolute Gasteiger partial charge is 0.317 e. The van der Waals surface area contributed by atoms with Gasteiger partial charge in [-0.3, -0.25) is 4.90 Å². The Morgan fingerprint density at radius 2 is 1.97 bits per heavy atom. The molecule has 2 amide bonds. The van der Waals surface area contributed by atoms with Gasteiger partial charge in [-0.2, -0.15) is 4.31 Å². The fourth-order valence-corrected chi connectivity index (χ4v) is 5.36. The molecule has 0 spiro atoms. The fraction of sp³-hybridized carbons (Fsp3) is 0.625. The Bertz CT molecular complexity index is 1020. The summed E-state index contributed by atoms with van der Waals surface area (Å²) in [6, 6.07) is 3.94. The first-order chi connectivity index (χ1) is 15.9. The van der Waals surface area contributed by atoms with Gasteiger partial charge in [0.05, 0.1) is 19.7 Å². The number of aliphatic hydroxyl groups is 1. The van der Waals surface area contributed by atoms with Crippen molar-refractivity contribution < 1.29 is 23.1 Å². The first-order valence-electron chi connectivity index (χ1n) is 11.5. The van der Waals surface area contributed by atoms with Gasteiger partial charge in [0, 0.05) is 37.2 Å². The number of amides is 2. The number of carbonyl (C=O) groups excluding carboxylic acids is 1. The van der Waals surface area contributed by atoms with Crippen molar-refractivity contribution in [2.24, 2.45) is 5.92 Å². The number of aliphatic hydroxyl groups excluding tert-OH is 1. The highest BCUT2D eigenvalue weighted by Gasteiger charge is 2.38. The normalized spacial score (nSPS) is 20.9. The number of likely N-dealkylation sites (N-methyl/N-ethyl adjacent to an activating group) is 1. The maximum atomic E-state index is 13.5. The number of nitrogens with one attached hydrogen (secondary N) is 1. The Kier molecular flexibility index (Phi) is 9.76. The van der Waals surface area contributed by atoms with Crippen molar-refractivity contribution in [2.45, 2.75) is 50.8 Å². The van der Waals surface area contributed by atoms with Crippen molar-refractivity contribution in [2.75, 3.05) is 47.4 Å². The van der Waals surface area contributed by atoms with Crippen LogP contribution in [0, 0.1) is 17.8 Å². The molecule has 0 unspecified atom stereocenters. The highest BCUT2D eigenvalue weighted by Crippen LogP contribution is 2.34. The third-order valence-electron chi connectivity index (χ3n) is 5.51. The average molecular weight is 495 g/mol. The zero-order chi connectivity index (χ0) is 25.6. The molecule has 10 heteroatoms. The highest BCUT2D eigenvalue weighted by atomic mass is 32.2. The third kappa shape index (κ3) is 7.09. The van der Waals surface area contributed by atoms with E-state index in [9.17, 15) is 18.3 Å². The van der Waals surface area contributed by atoms with E-state index in [0.717, 1.165) is 0 Å². The zero-order valence-corrected chi connectivity index (χ0v) is 22.0. The van der Waals surface area contributed by atoms with Gasteiger partial charge in [0.2, 0.25) is 10.0 Å². The van der Waals surface area contributed by atoms with E-state index in [4.69, 9.17) is 4.74 Å². The number of fused-ring (bicyclic) bond motifs is 1. The number of ether oxygens (including phenoxy) is 1. The van der Waals surface area contributed by atoms with Crippen LogP contribution in [0.4, 0.5) is 4.79 Å². The summed E-state index contributed by atoms with van der Waals surface area (Å²) in [5, 5.41) is 12.6. The largest absolute Gasteiger partial charge is 0.487 e. The molecular weight excluding hydrogens is 456 g/mol. The Balaban J connectivity index is 2.50. The second kappa shape index (κ2) is 11.9. The van der Waals surface area contributed by atoms with Gasteiger partial charge in [-0.15, -0.1) is 0 Å². The second-order valence-corrected chi connectivity index (χ2v) is 11.3. The Morgan fingerprint density at radius 3 is 2.56 bits per heavy atom. The molecule has 2 rings (SSSR count). The monoisotopic (exact) mass is 494 g/mol. The van der Waals surface area contributed by atoms with E-state index in [1.54, 1.807) is 26.1 Å². The summed E-state index contributed by atoms with van der Waals surface area (Å²) in [5.74, 6) is 6.03. The SMILES string of the molecule is CC(C)NC(=O)N(C)C[C@@H]1Oc2cc(C#CCN(C)C)ccc2S(=O)(=O)N([C@H](C)CO)C[C@H]1C. The van der Waals surface area contributed by atoms with E-state index in [2.05, 4.69) is 17.2 Å². The maximum absolute atomic E-state index is 13.5. The quantitative estimate of drug-likeness (QED) is 0.580. The van der Waals surface area contributed by atoms with Gasteiger partial charge in [0.15, 0.2) is 0 Å². The molecule has 0 aliphatic carbocycles. The van der Waals surface area contributed by atoms with Crippen LogP contribution in [0.1, 0.15) is 33.3 Å². The molecule has 0 bridgehead atoms. The van der Waals surface area contributed by atoms with Crippen LogP contribution in [-0.4, -0.2) is 99.2 Å². The summed E-state index contributed by atoms with van der Waals surface area (Å²) >= 11 is 0. The molecule has 0 saturated carbocycles. The van der Waals surface area contributed by atoms with Gasteiger partial charge in [-0.05, 0) is 53.1 Å². The molecule has 1 aromatic rings. The Labute approximate surface area is 204 Å². The first-order valence-corrected chi connectivity index (χ1v) is 12.9. The second-order valence-electron chi connectivity index (χ2n) is 9.43. The maximum Gasteiger partial charge on any atom is 0.317 e. The van der Waals surface area contributed by atoms with E-state index in [0.29, 0.717) is 12.1 Å². The summed E-state index contributed by atoms with van der Waals surface area (Å²) in [4.78, 5) is 16.0. The van der Waals surface area contributed by atoms with E-state index >= 15 is 0 Å². The summed E-state index contributed by atoms with van der Waals surface area (Å²) < 4.78 is 34.6. The standard InChI is InChI=1S/C24H38N4O5S/c1-17(2)25-24(30)27(7)15-22-18(3)14-28(19(4)16-29)34(31,32)23-11-10-20(13-21(23)33-22)9-8-12-26(5)6/h10-11,13,17-19,22,29H,12,14-16H2,1-7H3,(H,25,30)/t18-,19-,22+/m1/s1. The molecule has 9 nitrogen and oxygen atoms in total. The average Bonchev–Trinajstić information content (AvgIpc) is 2.74. The van der Waals surface area contributed by atoms with Crippen LogP contribution in [-0.2, 0) is 10.0 Å². The van der Waals surface area contributed by atoms with E-state index < -0.39 is 22.2 Å². The van der Waals surface area contributed by atoms with Gasteiger partial charge >= 0.3 is 6.03 Å². The number of hydrogen-bond donors (Lipinski definition) is 2. The molecule has 1 heterocycles. The fourth-order valence-electron chi connectivity index (χ4n) is 3.53. The third-order valence-corrected chi connectivity index (χ3v) is 7.53. The van der Waals surface area contributed by atoms with Gasteiger partial charge in [0.1, 0.15) is 16.7 Å². The minimum Gasteiger partial charge on any atom is -0.487 e. The van der Waals surface area contributed by atoms with Crippen LogP contribution >= 0.6 is 0 Å². The van der Waals surface area contributed by atoms with Gasteiger partial charge in [-0.25, -0.2) is 13.2 Å². The summed E-state index contributed by atoms with van der Waals surface area (Å²) in [6.07, 6.45) is -0.476. The predicted molar refractivity (Wildman–Crippen MR) is 132 cm³/mol. The van der Waals surface area contributed by atoms with Crippen molar-refractivity contribution in [3.05, 3.63) is 23.8 Å². The molecule has 3 atom stereocenters. The lowest BCUT2D eigenvalue weighted by atomic mass is 10.0. The van der Waals surface area contributed by atoms with Crippen molar-refractivity contribution >= 4 is 16.1 Å². The van der Waals surface area contributed by atoms with E-state index in [-0.39, 0.29) is 48.3 Å². The van der Waals surface area contributed by atoms with Crippen LogP contribution in [0.2, 0.25) is 0 Å². The van der Waals surface area contributed by atoms with Crippen LogP contribution < -0.4 is 10.1 Å². The summed E-state index contributed by atoms with van der Waals surface area (Å²) in [6.45, 7) is 7.99. The molecule has 2 N–H and O–H groups in total. The minimum absolute atomic E-state index is 0.0133. The molecule has 0 fully saturated rings.